The lowest BCUT2D eigenvalue weighted by Crippen LogP contribution is -2.07. The van der Waals surface area contributed by atoms with Gasteiger partial charge in [0.25, 0.3) is 0 Å². The first-order chi connectivity index (χ1) is 10.1. The Morgan fingerprint density at radius 1 is 1.10 bits per heavy atom. The number of nitrogens with one attached hydrogen (secondary N) is 2. The van der Waals surface area contributed by atoms with Gasteiger partial charge in [0.1, 0.15) is 5.75 Å². The molecule has 2 aromatic rings. The van der Waals surface area contributed by atoms with Crippen molar-refractivity contribution in [3.05, 3.63) is 42.0 Å². The number of anilines is 3. The molecule has 112 valence electrons. The lowest BCUT2D eigenvalue weighted by atomic mass is 10.3. The summed E-state index contributed by atoms with van der Waals surface area (Å²) in [5.41, 5.74) is 0.634. The highest BCUT2D eigenvalue weighted by atomic mass is 19.1. The van der Waals surface area contributed by atoms with Crippen molar-refractivity contribution in [3.63, 3.8) is 0 Å². The van der Waals surface area contributed by atoms with Gasteiger partial charge in [0.05, 0.1) is 7.11 Å². The average Bonchev–Trinajstić information content (AvgIpc) is 2.49. The van der Waals surface area contributed by atoms with Gasteiger partial charge in [-0.15, -0.1) is 0 Å². The number of hydrogen-bond acceptors (Lipinski definition) is 4. The molecule has 1 aromatic carbocycles. The molecule has 0 saturated heterocycles. The Hall–Kier alpha value is -2.37. The van der Waals surface area contributed by atoms with Crippen molar-refractivity contribution in [2.24, 2.45) is 0 Å². The molecule has 1 heterocycles. The van der Waals surface area contributed by atoms with E-state index in [0.29, 0.717) is 18.0 Å². The van der Waals surface area contributed by atoms with E-state index in [1.165, 1.54) is 0 Å². The third-order valence-corrected chi connectivity index (χ3v) is 2.82. The molecule has 0 aliphatic rings. The summed E-state index contributed by atoms with van der Waals surface area (Å²) in [5, 5.41) is 5.64. The Balaban J connectivity index is 2.21. The van der Waals surface area contributed by atoms with Crippen LogP contribution in [-0.2, 0) is 0 Å². The first-order valence-electron chi connectivity index (χ1n) is 6.65. The highest BCUT2D eigenvalue weighted by Crippen LogP contribution is 2.23. The van der Waals surface area contributed by atoms with E-state index in [9.17, 15) is 8.78 Å². The van der Waals surface area contributed by atoms with Crippen molar-refractivity contribution in [1.29, 1.82) is 0 Å². The first-order valence-corrected chi connectivity index (χ1v) is 6.65. The number of benzene rings is 1. The highest BCUT2D eigenvalue weighted by molar-refractivity contribution is 5.59. The molecule has 0 atom stereocenters. The van der Waals surface area contributed by atoms with Gasteiger partial charge in [-0.2, -0.15) is 0 Å². The molecular formula is C15H17F2N3O. The van der Waals surface area contributed by atoms with Crippen LogP contribution in [0.5, 0.6) is 5.75 Å². The number of halogens is 2. The molecular weight excluding hydrogens is 276 g/mol. The van der Waals surface area contributed by atoms with Crippen LogP contribution >= 0.6 is 0 Å². The predicted molar refractivity (Wildman–Crippen MR) is 79.2 cm³/mol. The van der Waals surface area contributed by atoms with E-state index < -0.39 is 11.6 Å². The third kappa shape index (κ3) is 3.81. The standard InChI is InChI=1S/C15H17F2N3O/c1-3-8-18-14-12(16)9-13(17)15(20-14)19-10-4-6-11(21-2)7-5-10/h4-7,9H,3,8H2,1-2H3,(H2,18,19,20). The number of pyridine rings is 1. The second-order valence-electron chi connectivity index (χ2n) is 4.43. The quantitative estimate of drug-likeness (QED) is 0.847. The fourth-order valence-electron chi connectivity index (χ4n) is 1.73. The zero-order valence-electron chi connectivity index (χ0n) is 11.9. The monoisotopic (exact) mass is 293 g/mol. The molecule has 21 heavy (non-hydrogen) atoms. The molecule has 0 bridgehead atoms. The molecule has 0 spiro atoms. The Kier molecular flexibility index (Phi) is 4.92. The van der Waals surface area contributed by atoms with Crippen molar-refractivity contribution in [2.75, 3.05) is 24.3 Å². The minimum atomic E-state index is -0.745. The van der Waals surface area contributed by atoms with Crippen molar-refractivity contribution in [3.8, 4) is 5.75 Å². The van der Waals surface area contributed by atoms with Gasteiger partial charge in [-0.25, -0.2) is 13.8 Å². The van der Waals surface area contributed by atoms with Gasteiger partial charge in [-0.3, -0.25) is 0 Å². The number of aromatic nitrogens is 1. The van der Waals surface area contributed by atoms with Gasteiger partial charge in [-0.1, -0.05) is 6.92 Å². The van der Waals surface area contributed by atoms with Gasteiger partial charge in [-0.05, 0) is 30.7 Å². The Labute approximate surface area is 122 Å². The Morgan fingerprint density at radius 2 is 1.76 bits per heavy atom. The van der Waals surface area contributed by atoms with Crippen LogP contribution in [0.3, 0.4) is 0 Å². The molecule has 0 radical (unpaired) electrons. The molecule has 0 aliphatic heterocycles. The molecule has 6 heteroatoms. The summed E-state index contributed by atoms with van der Waals surface area (Å²) in [6.07, 6.45) is 0.819. The third-order valence-electron chi connectivity index (χ3n) is 2.82. The first kappa shape index (κ1) is 15.0. The van der Waals surface area contributed by atoms with E-state index >= 15 is 0 Å². The van der Waals surface area contributed by atoms with Crippen LogP contribution in [0.25, 0.3) is 0 Å². The van der Waals surface area contributed by atoms with Crippen LogP contribution in [0.2, 0.25) is 0 Å². The Morgan fingerprint density at radius 3 is 2.38 bits per heavy atom. The fraction of sp³-hybridized carbons (Fsp3) is 0.267. The average molecular weight is 293 g/mol. The van der Waals surface area contributed by atoms with E-state index in [-0.39, 0.29) is 11.6 Å². The fourth-order valence-corrected chi connectivity index (χ4v) is 1.73. The van der Waals surface area contributed by atoms with E-state index in [4.69, 9.17) is 4.74 Å². The maximum atomic E-state index is 13.8. The topological polar surface area (TPSA) is 46.2 Å². The molecule has 0 amide bonds. The summed E-state index contributed by atoms with van der Waals surface area (Å²) in [6.45, 7) is 2.52. The van der Waals surface area contributed by atoms with Crippen molar-refractivity contribution in [1.82, 2.24) is 4.98 Å². The zero-order valence-corrected chi connectivity index (χ0v) is 11.9. The Bertz CT molecular complexity index is 603. The number of rotatable bonds is 6. The smallest absolute Gasteiger partial charge is 0.169 e. The minimum absolute atomic E-state index is 0.0276. The lowest BCUT2D eigenvalue weighted by molar-refractivity contribution is 0.415. The van der Waals surface area contributed by atoms with Crippen molar-refractivity contribution in [2.45, 2.75) is 13.3 Å². The number of methoxy groups -OCH3 is 1. The summed E-state index contributed by atoms with van der Waals surface area (Å²) in [5.74, 6) is -0.751. The second-order valence-corrected chi connectivity index (χ2v) is 4.43. The van der Waals surface area contributed by atoms with E-state index in [2.05, 4.69) is 15.6 Å². The lowest BCUT2D eigenvalue weighted by Gasteiger charge is -2.11. The normalized spacial score (nSPS) is 10.3. The molecule has 4 nitrogen and oxygen atoms in total. The molecule has 0 aliphatic carbocycles. The van der Waals surface area contributed by atoms with Gasteiger partial charge in [0, 0.05) is 18.3 Å². The highest BCUT2D eigenvalue weighted by Gasteiger charge is 2.11. The zero-order chi connectivity index (χ0) is 15.2. The SMILES string of the molecule is CCCNc1nc(Nc2ccc(OC)cc2)c(F)cc1F. The summed E-state index contributed by atoms with van der Waals surface area (Å²) < 4.78 is 32.4. The number of ether oxygens (including phenoxy) is 1. The van der Waals surface area contributed by atoms with Crippen molar-refractivity contribution < 1.29 is 13.5 Å². The molecule has 2 N–H and O–H groups in total. The summed E-state index contributed by atoms with van der Waals surface area (Å²) >= 11 is 0. The van der Waals surface area contributed by atoms with Gasteiger partial charge in [0.2, 0.25) is 0 Å². The predicted octanol–water partition coefficient (Wildman–Crippen LogP) is 3.93. The summed E-state index contributed by atoms with van der Waals surface area (Å²) in [6, 6.07) is 7.74. The van der Waals surface area contributed by atoms with E-state index in [1.807, 2.05) is 6.92 Å². The van der Waals surface area contributed by atoms with E-state index in [1.54, 1.807) is 31.4 Å². The van der Waals surface area contributed by atoms with E-state index in [0.717, 1.165) is 12.5 Å². The van der Waals surface area contributed by atoms with Crippen LogP contribution in [-0.4, -0.2) is 18.6 Å². The molecule has 0 unspecified atom stereocenters. The maximum Gasteiger partial charge on any atom is 0.169 e. The van der Waals surface area contributed by atoms with Gasteiger partial charge >= 0.3 is 0 Å². The van der Waals surface area contributed by atoms with Gasteiger partial charge in [0.15, 0.2) is 23.3 Å². The largest absolute Gasteiger partial charge is 0.497 e. The van der Waals surface area contributed by atoms with Crippen molar-refractivity contribution >= 4 is 17.3 Å². The second kappa shape index (κ2) is 6.88. The van der Waals surface area contributed by atoms with Crippen LogP contribution in [0.15, 0.2) is 30.3 Å². The minimum Gasteiger partial charge on any atom is -0.497 e. The van der Waals surface area contributed by atoms with Crippen LogP contribution < -0.4 is 15.4 Å². The number of nitrogens with zero attached hydrogens (tertiary/aromatic N) is 1. The summed E-state index contributed by atoms with van der Waals surface area (Å²) in [7, 11) is 1.56. The van der Waals surface area contributed by atoms with Crippen LogP contribution in [0, 0.1) is 11.6 Å². The maximum absolute atomic E-state index is 13.8. The molecule has 0 fully saturated rings. The summed E-state index contributed by atoms with van der Waals surface area (Å²) in [4.78, 5) is 3.94. The number of hydrogen-bond donors (Lipinski definition) is 2. The molecule has 0 saturated carbocycles. The van der Waals surface area contributed by atoms with Gasteiger partial charge < -0.3 is 15.4 Å². The molecule has 2 rings (SSSR count). The van der Waals surface area contributed by atoms with Crippen LogP contribution in [0.1, 0.15) is 13.3 Å². The van der Waals surface area contributed by atoms with Crippen LogP contribution in [0.4, 0.5) is 26.1 Å². The molecule has 1 aromatic heterocycles.